The monoisotopic (exact) mass is 282 g/mol. The fraction of sp³-hybridized carbons (Fsp3) is 1.00. The molecule has 0 bridgehead atoms. The molecular weight excluding hydrogens is 264 g/mol. The third kappa shape index (κ3) is 3.65. The maximum atomic E-state index is 11.8. The third-order valence-electron chi connectivity index (χ3n) is 3.34. The van der Waals surface area contributed by atoms with Crippen molar-refractivity contribution in [3.63, 3.8) is 0 Å². The molecule has 16 heavy (non-hydrogen) atoms. The standard InChI is InChI=1S/C9H15F3N2.2ClH.H2/c10-9(11,12)5-14-7-3-8(4-7)1-6(13)2-8;;;/h6-7,14H,1-5,13H2;3*1H. The summed E-state index contributed by atoms with van der Waals surface area (Å²) in [5, 5.41) is 2.53. The fourth-order valence-electron chi connectivity index (χ4n) is 2.78. The van der Waals surface area contributed by atoms with Crippen molar-refractivity contribution in [2.24, 2.45) is 11.1 Å². The first kappa shape index (κ1) is 16.3. The molecule has 2 fully saturated rings. The van der Waals surface area contributed by atoms with Gasteiger partial charge in [0.15, 0.2) is 0 Å². The Morgan fingerprint density at radius 3 is 2.06 bits per heavy atom. The van der Waals surface area contributed by atoms with E-state index in [0.717, 1.165) is 25.7 Å². The van der Waals surface area contributed by atoms with Crippen molar-refractivity contribution in [2.75, 3.05) is 6.54 Å². The van der Waals surface area contributed by atoms with E-state index in [9.17, 15) is 13.2 Å². The molecular formula is C9H19Cl2F3N2. The van der Waals surface area contributed by atoms with Gasteiger partial charge < -0.3 is 11.1 Å². The summed E-state index contributed by atoms with van der Waals surface area (Å²) >= 11 is 0. The molecule has 100 valence electrons. The number of hydrogen-bond acceptors (Lipinski definition) is 2. The Labute approximate surface area is 107 Å². The second-order valence-electron chi connectivity index (χ2n) is 4.77. The highest BCUT2D eigenvalue weighted by atomic mass is 35.5. The molecule has 2 nitrogen and oxygen atoms in total. The molecule has 2 saturated carbocycles. The van der Waals surface area contributed by atoms with Crippen LogP contribution in [-0.2, 0) is 0 Å². The lowest BCUT2D eigenvalue weighted by atomic mass is 9.52. The molecule has 0 radical (unpaired) electrons. The molecule has 3 N–H and O–H groups in total. The van der Waals surface area contributed by atoms with Gasteiger partial charge in [0, 0.05) is 13.5 Å². The molecule has 0 aliphatic heterocycles. The SMILES string of the molecule is Cl.Cl.NC1CC2(C1)CC(NCC(F)(F)F)C2.[HH]. The Morgan fingerprint density at radius 1 is 1.19 bits per heavy atom. The molecule has 0 atom stereocenters. The molecule has 0 heterocycles. The molecule has 2 rings (SSSR count). The van der Waals surface area contributed by atoms with E-state index in [-0.39, 0.29) is 32.3 Å². The predicted octanol–water partition coefficient (Wildman–Crippen LogP) is 2.50. The number of halogens is 5. The zero-order chi connectivity index (χ0) is 10.4. The van der Waals surface area contributed by atoms with Crippen LogP contribution in [0.5, 0.6) is 0 Å². The Hall–Kier alpha value is 0.290. The van der Waals surface area contributed by atoms with Crippen molar-refractivity contribution in [3.8, 4) is 0 Å². The van der Waals surface area contributed by atoms with Gasteiger partial charge in [-0.2, -0.15) is 13.2 Å². The summed E-state index contributed by atoms with van der Waals surface area (Å²) in [6, 6.07) is 0.350. The first-order valence-corrected chi connectivity index (χ1v) is 4.94. The van der Waals surface area contributed by atoms with E-state index in [2.05, 4.69) is 5.32 Å². The summed E-state index contributed by atoms with van der Waals surface area (Å²) in [7, 11) is 0. The Bertz CT molecular complexity index is 227. The van der Waals surface area contributed by atoms with Crippen molar-refractivity contribution in [3.05, 3.63) is 0 Å². The highest BCUT2D eigenvalue weighted by Gasteiger charge is 2.51. The van der Waals surface area contributed by atoms with Gasteiger partial charge >= 0.3 is 6.18 Å². The van der Waals surface area contributed by atoms with Crippen LogP contribution in [0.3, 0.4) is 0 Å². The van der Waals surface area contributed by atoms with Crippen LogP contribution in [0.1, 0.15) is 27.1 Å². The molecule has 0 aromatic heterocycles. The summed E-state index contributed by atoms with van der Waals surface area (Å²) in [6.45, 7) is -0.861. The molecule has 2 aliphatic rings. The minimum Gasteiger partial charge on any atom is -0.328 e. The summed E-state index contributed by atoms with van der Waals surface area (Å²) in [4.78, 5) is 0. The summed E-state index contributed by atoms with van der Waals surface area (Å²) in [5.74, 6) is 0. The minimum atomic E-state index is -4.08. The van der Waals surface area contributed by atoms with Gasteiger partial charge in [0.05, 0.1) is 6.54 Å². The second-order valence-corrected chi connectivity index (χ2v) is 4.77. The van der Waals surface area contributed by atoms with Crippen LogP contribution in [0.25, 0.3) is 0 Å². The largest absolute Gasteiger partial charge is 0.401 e. The first-order valence-electron chi connectivity index (χ1n) is 4.94. The van der Waals surface area contributed by atoms with Crippen molar-refractivity contribution in [2.45, 2.75) is 43.9 Å². The number of alkyl halides is 3. The summed E-state index contributed by atoms with van der Waals surface area (Å²) in [6.07, 6.45) is -0.347. The van der Waals surface area contributed by atoms with Crippen LogP contribution in [0.2, 0.25) is 0 Å². The lowest BCUT2D eigenvalue weighted by Crippen LogP contribution is -2.59. The lowest BCUT2D eigenvalue weighted by molar-refractivity contribution is -0.132. The van der Waals surface area contributed by atoms with Gasteiger partial charge in [-0.15, -0.1) is 24.8 Å². The molecule has 0 unspecified atom stereocenters. The van der Waals surface area contributed by atoms with Crippen LogP contribution in [0.4, 0.5) is 13.2 Å². The average molecular weight is 283 g/mol. The molecule has 2 aliphatic carbocycles. The highest BCUT2D eigenvalue weighted by molar-refractivity contribution is 5.85. The predicted molar refractivity (Wildman–Crippen MR) is 63.3 cm³/mol. The van der Waals surface area contributed by atoms with Crippen molar-refractivity contribution in [1.82, 2.24) is 5.32 Å². The van der Waals surface area contributed by atoms with Gasteiger partial charge in [-0.3, -0.25) is 0 Å². The second kappa shape index (κ2) is 5.29. The number of hydrogen-bond donors (Lipinski definition) is 2. The molecule has 0 aromatic carbocycles. The average Bonchev–Trinajstić information content (AvgIpc) is 1.89. The van der Waals surface area contributed by atoms with E-state index < -0.39 is 12.7 Å². The quantitative estimate of drug-likeness (QED) is 0.817. The zero-order valence-corrected chi connectivity index (χ0v) is 10.4. The molecule has 1 spiro atoms. The maximum Gasteiger partial charge on any atom is 0.401 e. The summed E-state index contributed by atoms with van der Waals surface area (Å²) in [5.41, 5.74) is 5.96. The topological polar surface area (TPSA) is 38.0 Å². The number of nitrogens with one attached hydrogen (secondary N) is 1. The van der Waals surface area contributed by atoms with E-state index >= 15 is 0 Å². The van der Waals surface area contributed by atoms with Gasteiger partial charge in [-0.05, 0) is 31.1 Å². The lowest BCUT2D eigenvalue weighted by Gasteiger charge is -2.57. The summed E-state index contributed by atoms with van der Waals surface area (Å²) < 4.78 is 35.5. The van der Waals surface area contributed by atoms with Gasteiger partial charge in [0.25, 0.3) is 0 Å². The molecule has 0 amide bonds. The van der Waals surface area contributed by atoms with Crippen molar-refractivity contribution < 1.29 is 14.6 Å². The van der Waals surface area contributed by atoms with Crippen molar-refractivity contribution in [1.29, 1.82) is 0 Å². The van der Waals surface area contributed by atoms with E-state index in [0.29, 0.717) is 11.5 Å². The van der Waals surface area contributed by atoms with E-state index in [1.54, 1.807) is 0 Å². The van der Waals surface area contributed by atoms with Crippen LogP contribution in [0.15, 0.2) is 0 Å². The smallest absolute Gasteiger partial charge is 0.328 e. The van der Waals surface area contributed by atoms with Gasteiger partial charge in [-0.25, -0.2) is 0 Å². The van der Waals surface area contributed by atoms with Crippen LogP contribution in [-0.4, -0.2) is 24.8 Å². The molecule has 7 heteroatoms. The normalized spacial score (nSPS) is 36.8. The molecule has 0 saturated heterocycles. The Balaban J connectivity index is 0. The Morgan fingerprint density at radius 2 is 1.69 bits per heavy atom. The third-order valence-corrected chi connectivity index (χ3v) is 3.34. The van der Waals surface area contributed by atoms with E-state index in [1.807, 2.05) is 0 Å². The van der Waals surface area contributed by atoms with Crippen LogP contribution in [0, 0.1) is 5.41 Å². The number of rotatable bonds is 2. The maximum absolute atomic E-state index is 11.8. The molecule has 0 aromatic rings. The number of nitrogens with two attached hydrogens (primary N) is 1. The van der Waals surface area contributed by atoms with Crippen molar-refractivity contribution >= 4 is 24.8 Å². The van der Waals surface area contributed by atoms with Crippen LogP contribution < -0.4 is 11.1 Å². The van der Waals surface area contributed by atoms with Gasteiger partial charge in [0.2, 0.25) is 0 Å². The zero-order valence-electron chi connectivity index (χ0n) is 8.72. The Kier molecular flexibility index (Phi) is 5.39. The minimum absolute atomic E-state index is 0. The van der Waals surface area contributed by atoms with E-state index in [1.165, 1.54) is 0 Å². The van der Waals surface area contributed by atoms with Crippen LogP contribution >= 0.6 is 24.8 Å². The fourth-order valence-corrected chi connectivity index (χ4v) is 2.78. The highest BCUT2D eigenvalue weighted by Crippen LogP contribution is 2.55. The van der Waals surface area contributed by atoms with E-state index in [4.69, 9.17) is 5.73 Å². The first-order chi connectivity index (χ1) is 6.39. The van der Waals surface area contributed by atoms with Gasteiger partial charge in [0.1, 0.15) is 0 Å². The van der Waals surface area contributed by atoms with Gasteiger partial charge in [-0.1, -0.05) is 0 Å².